The summed E-state index contributed by atoms with van der Waals surface area (Å²) in [4.78, 5) is 4.74. The van der Waals surface area contributed by atoms with E-state index >= 15 is 0 Å². The lowest BCUT2D eigenvalue weighted by Crippen LogP contribution is -2.43. The van der Waals surface area contributed by atoms with E-state index in [0.29, 0.717) is 19.7 Å². The normalized spacial score (nSPS) is 25.5. The molecule has 0 aliphatic carbocycles. The van der Waals surface area contributed by atoms with Crippen LogP contribution in [0.25, 0.3) is 0 Å². The van der Waals surface area contributed by atoms with Crippen LogP contribution >= 0.6 is 0 Å². The number of nitrogens with one attached hydrogen (secondary N) is 2. The standard InChI is InChI=1S/C19H29N3O3/c1-2-20-18(22-13-19(7-9-23)8-10-24-14-19)21-12-16-11-15-5-3-4-6-17(15)25-16/h3-6,16,23H,2,7-14H2,1H3,(H2,20,21,22). The number of ether oxygens (including phenoxy) is 2. The summed E-state index contributed by atoms with van der Waals surface area (Å²) in [6.45, 7) is 5.85. The average molecular weight is 347 g/mol. The van der Waals surface area contributed by atoms with Gasteiger partial charge in [-0.25, -0.2) is 0 Å². The minimum atomic E-state index is -0.0306. The topological polar surface area (TPSA) is 75.1 Å². The first-order valence-corrected chi connectivity index (χ1v) is 9.20. The number of hydrogen-bond acceptors (Lipinski definition) is 4. The van der Waals surface area contributed by atoms with Gasteiger partial charge in [-0.15, -0.1) is 0 Å². The molecular weight excluding hydrogens is 318 g/mol. The minimum absolute atomic E-state index is 0.0306. The zero-order chi connectivity index (χ0) is 17.5. The van der Waals surface area contributed by atoms with Gasteiger partial charge < -0.3 is 25.2 Å². The fourth-order valence-electron chi connectivity index (χ4n) is 3.45. The van der Waals surface area contributed by atoms with E-state index in [4.69, 9.17) is 14.5 Å². The molecule has 2 heterocycles. The van der Waals surface area contributed by atoms with Crippen LogP contribution in [-0.2, 0) is 11.2 Å². The van der Waals surface area contributed by atoms with E-state index in [2.05, 4.69) is 23.6 Å². The zero-order valence-corrected chi connectivity index (χ0v) is 15.0. The van der Waals surface area contributed by atoms with Crippen molar-refractivity contribution < 1.29 is 14.6 Å². The third-order valence-electron chi connectivity index (χ3n) is 4.95. The van der Waals surface area contributed by atoms with Crippen LogP contribution in [0.2, 0.25) is 0 Å². The van der Waals surface area contributed by atoms with Gasteiger partial charge in [0.15, 0.2) is 5.96 Å². The molecular formula is C19H29N3O3. The van der Waals surface area contributed by atoms with E-state index in [1.807, 2.05) is 18.2 Å². The molecule has 0 saturated carbocycles. The third-order valence-corrected chi connectivity index (χ3v) is 4.95. The fourth-order valence-corrected chi connectivity index (χ4v) is 3.45. The van der Waals surface area contributed by atoms with Gasteiger partial charge in [0.1, 0.15) is 11.9 Å². The van der Waals surface area contributed by atoms with Crippen LogP contribution in [0.5, 0.6) is 5.75 Å². The Kier molecular flexibility index (Phi) is 6.15. The molecule has 6 nitrogen and oxygen atoms in total. The molecule has 3 N–H and O–H groups in total. The van der Waals surface area contributed by atoms with Crippen molar-refractivity contribution in [2.24, 2.45) is 10.4 Å². The summed E-state index contributed by atoms with van der Waals surface area (Å²) in [6.07, 6.45) is 2.74. The van der Waals surface area contributed by atoms with Crippen LogP contribution in [0.1, 0.15) is 25.3 Å². The van der Waals surface area contributed by atoms with Crippen molar-refractivity contribution in [3.63, 3.8) is 0 Å². The van der Waals surface area contributed by atoms with Crippen molar-refractivity contribution in [3.05, 3.63) is 29.8 Å². The van der Waals surface area contributed by atoms with Gasteiger partial charge in [-0.05, 0) is 31.4 Å². The summed E-state index contributed by atoms with van der Waals surface area (Å²) in [5.41, 5.74) is 1.23. The molecule has 0 aromatic heterocycles. The molecule has 1 fully saturated rings. The monoisotopic (exact) mass is 347 g/mol. The number of benzene rings is 1. The number of hydrogen-bond donors (Lipinski definition) is 3. The highest BCUT2D eigenvalue weighted by molar-refractivity contribution is 5.79. The predicted octanol–water partition coefficient (Wildman–Crippen LogP) is 1.33. The first kappa shape index (κ1) is 18.0. The van der Waals surface area contributed by atoms with Gasteiger partial charge in [-0.3, -0.25) is 4.99 Å². The van der Waals surface area contributed by atoms with Gasteiger partial charge in [0, 0.05) is 31.6 Å². The van der Waals surface area contributed by atoms with Crippen LogP contribution in [0.3, 0.4) is 0 Å². The summed E-state index contributed by atoms with van der Waals surface area (Å²) < 4.78 is 11.5. The third kappa shape index (κ3) is 4.64. The minimum Gasteiger partial charge on any atom is -0.488 e. The van der Waals surface area contributed by atoms with Crippen molar-refractivity contribution in [3.8, 4) is 5.75 Å². The van der Waals surface area contributed by atoms with Crippen molar-refractivity contribution in [1.29, 1.82) is 0 Å². The maximum Gasteiger partial charge on any atom is 0.191 e. The summed E-state index contributed by atoms with van der Waals surface area (Å²) >= 11 is 0. The number of aliphatic hydroxyl groups excluding tert-OH is 1. The molecule has 138 valence electrons. The first-order chi connectivity index (χ1) is 12.2. The average Bonchev–Trinajstić information content (AvgIpc) is 3.24. The Hall–Kier alpha value is -1.79. The van der Waals surface area contributed by atoms with Crippen LogP contribution in [-0.4, -0.2) is 56.6 Å². The molecule has 6 heteroatoms. The molecule has 2 unspecified atom stereocenters. The lowest BCUT2D eigenvalue weighted by molar-refractivity contribution is 0.131. The van der Waals surface area contributed by atoms with Gasteiger partial charge in [0.2, 0.25) is 0 Å². The van der Waals surface area contributed by atoms with E-state index < -0.39 is 0 Å². The number of rotatable bonds is 7. The summed E-state index contributed by atoms with van der Waals surface area (Å²) in [5, 5.41) is 16.0. The molecule has 0 amide bonds. The van der Waals surface area contributed by atoms with Crippen molar-refractivity contribution in [2.45, 2.75) is 32.3 Å². The summed E-state index contributed by atoms with van der Waals surface area (Å²) in [7, 11) is 0. The Bertz CT molecular complexity index is 560. The Morgan fingerprint density at radius 3 is 2.96 bits per heavy atom. The van der Waals surface area contributed by atoms with Crippen LogP contribution in [0.4, 0.5) is 0 Å². The number of guanidine groups is 1. The molecule has 1 saturated heterocycles. The molecule has 2 aliphatic heterocycles. The quantitative estimate of drug-likeness (QED) is 0.513. The maximum atomic E-state index is 9.34. The molecule has 0 bridgehead atoms. The second-order valence-electron chi connectivity index (χ2n) is 6.90. The van der Waals surface area contributed by atoms with Crippen LogP contribution in [0, 0.1) is 5.41 Å². The van der Waals surface area contributed by atoms with Crippen molar-refractivity contribution in [1.82, 2.24) is 10.6 Å². The fraction of sp³-hybridized carbons (Fsp3) is 0.632. The Morgan fingerprint density at radius 2 is 2.24 bits per heavy atom. The molecule has 0 spiro atoms. The van der Waals surface area contributed by atoms with Gasteiger partial charge in [-0.1, -0.05) is 18.2 Å². The summed E-state index contributed by atoms with van der Waals surface area (Å²) in [5.74, 6) is 1.78. The van der Waals surface area contributed by atoms with Crippen LogP contribution in [0.15, 0.2) is 29.3 Å². The highest BCUT2D eigenvalue weighted by Crippen LogP contribution is 2.32. The lowest BCUT2D eigenvalue weighted by Gasteiger charge is -2.25. The number of aliphatic hydroxyl groups is 1. The van der Waals surface area contributed by atoms with Crippen molar-refractivity contribution >= 4 is 5.96 Å². The van der Waals surface area contributed by atoms with E-state index in [-0.39, 0.29) is 18.1 Å². The molecule has 25 heavy (non-hydrogen) atoms. The van der Waals surface area contributed by atoms with Gasteiger partial charge in [0.05, 0.1) is 19.7 Å². The number of nitrogens with zero attached hydrogens (tertiary/aromatic N) is 1. The Balaban J connectivity index is 1.54. The first-order valence-electron chi connectivity index (χ1n) is 9.20. The summed E-state index contributed by atoms with van der Waals surface area (Å²) in [6, 6.07) is 8.19. The molecule has 2 atom stereocenters. The smallest absolute Gasteiger partial charge is 0.191 e. The number of para-hydroxylation sites is 1. The Morgan fingerprint density at radius 1 is 1.36 bits per heavy atom. The molecule has 1 aromatic rings. The maximum absolute atomic E-state index is 9.34. The van der Waals surface area contributed by atoms with Crippen LogP contribution < -0.4 is 15.4 Å². The van der Waals surface area contributed by atoms with Gasteiger partial charge in [-0.2, -0.15) is 0 Å². The number of fused-ring (bicyclic) bond motifs is 1. The largest absolute Gasteiger partial charge is 0.488 e. The lowest BCUT2D eigenvalue weighted by atomic mass is 9.84. The zero-order valence-electron chi connectivity index (χ0n) is 15.0. The SMILES string of the molecule is CCNC(=NCC1(CCO)CCOC1)NCC1Cc2ccccc2O1. The second kappa shape index (κ2) is 8.54. The molecule has 3 rings (SSSR count). The van der Waals surface area contributed by atoms with Crippen molar-refractivity contribution in [2.75, 3.05) is 39.5 Å². The molecule has 0 radical (unpaired) electrons. The Labute approximate surface area is 149 Å². The predicted molar refractivity (Wildman–Crippen MR) is 98.1 cm³/mol. The highest BCUT2D eigenvalue weighted by atomic mass is 16.5. The van der Waals surface area contributed by atoms with Gasteiger partial charge >= 0.3 is 0 Å². The highest BCUT2D eigenvalue weighted by Gasteiger charge is 2.34. The molecule has 2 aliphatic rings. The van der Waals surface area contributed by atoms with E-state index in [9.17, 15) is 5.11 Å². The molecule has 1 aromatic carbocycles. The van der Waals surface area contributed by atoms with E-state index in [1.54, 1.807) is 0 Å². The number of aliphatic imine (C=N–C) groups is 1. The van der Waals surface area contributed by atoms with E-state index in [1.165, 1.54) is 5.56 Å². The second-order valence-corrected chi connectivity index (χ2v) is 6.90. The van der Waals surface area contributed by atoms with Gasteiger partial charge in [0.25, 0.3) is 0 Å². The van der Waals surface area contributed by atoms with E-state index in [0.717, 1.165) is 44.1 Å².